The number of hydrogen-bond acceptors (Lipinski definition) is 1. The first-order valence-electron chi connectivity index (χ1n) is 5.21. The number of halogens is 1. The van der Waals surface area contributed by atoms with Crippen molar-refractivity contribution in [2.75, 3.05) is 0 Å². The molecule has 0 unspecified atom stereocenters. The molecule has 1 heterocycles. The highest BCUT2D eigenvalue weighted by Crippen LogP contribution is 2.27. The van der Waals surface area contributed by atoms with E-state index in [1.165, 1.54) is 10.8 Å². The largest absolute Gasteiger partial charge is 0.256 e. The van der Waals surface area contributed by atoms with Crippen molar-refractivity contribution >= 4 is 33.3 Å². The summed E-state index contributed by atoms with van der Waals surface area (Å²) >= 11 is 5.99. The Labute approximate surface area is 98.7 Å². The van der Waals surface area contributed by atoms with Crippen LogP contribution in [0.3, 0.4) is 0 Å². The molecule has 0 radical (unpaired) electrons. The first kappa shape index (κ1) is 9.61. The Morgan fingerprint density at radius 1 is 1.00 bits per heavy atom. The quantitative estimate of drug-likeness (QED) is 0.450. The van der Waals surface area contributed by atoms with Crippen LogP contribution in [0.15, 0.2) is 48.7 Å². The van der Waals surface area contributed by atoms with Crippen molar-refractivity contribution < 1.29 is 0 Å². The monoisotopic (exact) mass is 227 g/mol. The number of nitrogens with zero attached hydrogens (tertiary/aromatic N) is 1. The molecule has 0 aliphatic carbocycles. The van der Waals surface area contributed by atoms with Gasteiger partial charge in [0.25, 0.3) is 0 Å². The molecule has 0 aliphatic rings. The van der Waals surface area contributed by atoms with Gasteiger partial charge >= 0.3 is 0 Å². The summed E-state index contributed by atoms with van der Waals surface area (Å²) in [6.45, 7) is 0. The van der Waals surface area contributed by atoms with Crippen molar-refractivity contribution in [3.63, 3.8) is 0 Å². The number of fused-ring (bicyclic) bond motifs is 3. The van der Waals surface area contributed by atoms with E-state index in [1.807, 2.05) is 24.4 Å². The second-order valence-electron chi connectivity index (χ2n) is 3.79. The van der Waals surface area contributed by atoms with Crippen molar-refractivity contribution in [3.8, 4) is 0 Å². The van der Waals surface area contributed by atoms with E-state index in [0.717, 1.165) is 16.5 Å². The lowest BCUT2D eigenvalue weighted by Gasteiger charge is -2.07. The smallest absolute Gasteiger partial charge is 0.0780 e. The molecule has 0 N–H and O–H groups in total. The minimum atomic E-state index is 0.533. The van der Waals surface area contributed by atoms with E-state index in [4.69, 9.17) is 11.6 Å². The van der Waals surface area contributed by atoms with Crippen LogP contribution in [0, 0.1) is 0 Å². The van der Waals surface area contributed by atoms with Gasteiger partial charge < -0.3 is 0 Å². The average molecular weight is 228 g/mol. The van der Waals surface area contributed by atoms with Gasteiger partial charge in [0.05, 0.1) is 5.52 Å². The molecule has 1 aromatic heterocycles. The van der Waals surface area contributed by atoms with Gasteiger partial charge in [-0.05, 0) is 23.1 Å². The summed E-state index contributed by atoms with van der Waals surface area (Å²) in [5.41, 5.74) is 2.21. The highest BCUT2D eigenvalue weighted by Gasteiger charge is 2.05. The third-order valence-corrected chi connectivity index (χ3v) is 3.13. The Morgan fingerprint density at radius 3 is 2.62 bits per heavy atom. The van der Waals surface area contributed by atoms with Crippen molar-refractivity contribution in [2.45, 2.75) is 5.88 Å². The molecule has 3 rings (SSSR count). The van der Waals surface area contributed by atoms with Crippen LogP contribution >= 0.6 is 11.6 Å². The zero-order valence-electron chi connectivity index (χ0n) is 8.65. The van der Waals surface area contributed by atoms with Crippen molar-refractivity contribution in [1.29, 1.82) is 0 Å². The van der Waals surface area contributed by atoms with Crippen molar-refractivity contribution in [1.82, 2.24) is 4.98 Å². The molecule has 0 spiro atoms. The molecular formula is C14H10ClN. The van der Waals surface area contributed by atoms with E-state index in [9.17, 15) is 0 Å². The Kier molecular flexibility index (Phi) is 2.26. The molecule has 0 amide bonds. The molecule has 0 atom stereocenters. The maximum Gasteiger partial charge on any atom is 0.0780 e. The van der Waals surface area contributed by atoms with Gasteiger partial charge in [-0.1, -0.05) is 30.3 Å². The lowest BCUT2D eigenvalue weighted by Crippen LogP contribution is -1.86. The summed E-state index contributed by atoms with van der Waals surface area (Å²) in [7, 11) is 0. The summed E-state index contributed by atoms with van der Waals surface area (Å²) in [6, 6.07) is 14.4. The zero-order valence-corrected chi connectivity index (χ0v) is 9.41. The molecule has 2 heteroatoms. The predicted molar refractivity (Wildman–Crippen MR) is 68.8 cm³/mol. The molecular weight excluding hydrogens is 218 g/mol. The summed E-state index contributed by atoms with van der Waals surface area (Å²) in [6.07, 6.45) is 1.83. The second kappa shape index (κ2) is 3.76. The molecule has 1 nitrogen and oxygen atoms in total. The molecule has 2 aromatic carbocycles. The van der Waals surface area contributed by atoms with Crippen LogP contribution in [-0.2, 0) is 5.88 Å². The van der Waals surface area contributed by atoms with Crippen LogP contribution in [0.25, 0.3) is 21.7 Å². The third-order valence-electron chi connectivity index (χ3n) is 2.84. The molecule has 3 aromatic rings. The maximum atomic E-state index is 5.99. The minimum Gasteiger partial charge on any atom is -0.256 e. The fourth-order valence-corrected chi connectivity index (χ4v) is 2.33. The Bertz CT molecular complexity index is 661. The fraction of sp³-hybridized carbons (Fsp3) is 0.0714. The summed E-state index contributed by atoms with van der Waals surface area (Å²) in [5, 5.41) is 3.52. The van der Waals surface area contributed by atoms with Crippen LogP contribution in [0.2, 0.25) is 0 Å². The molecule has 78 valence electrons. The van der Waals surface area contributed by atoms with Gasteiger partial charge in [0.15, 0.2) is 0 Å². The van der Waals surface area contributed by atoms with Crippen LogP contribution in [0.5, 0.6) is 0 Å². The van der Waals surface area contributed by atoms with E-state index in [1.54, 1.807) is 0 Å². The zero-order chi connectivity index (χ0) is 11.0. The fourth-order valence-electron chi connectivity index (χ4n) is 2.10. The Morgan fingerprint density at radius 2 is 1.81 bits per heavy atom. The molecule has 0 bridgehead atoms. The van der Waals surface area contributed by atoms with Gasteiger partial charge in [-0.15, -0.1) is 11.6 Å². The minimum absolute atomic E-state index is 0.533. The van der Waals surface area contributed by atoms with Crippen molar-refractivity contribution in [2.24, 2.45) is 0 Å². The van der Waals surface area contributed by atoms with E-state index >= 15 is 0 Å². The molecule has 0 fully saturated rings. The van der Waals surface area contributed by atoms with E-state index in [0.29, 0.717) is 5.88 Å². The standard InChI is InChI=1S/C14H10ClN/c15-9-11-8-10-4-3-7-16-14(10)13-6-2-1-5-12(11)13/h1-8H,9H2. The summed E-state index contributed by atoms with van der Waals surface area (Å²) in [4.78, 5) is 4.44. The normalized spacial score (nSPS) is 11.1. The number of alkyl halides is 1. The number of rotatable bonds is 1. The van der Waals surface area contributed by atoms with Crippen LogP contribution in [0.1, 0.15) is 5.56 Å². The van der Waals surface area contributed by atoms with Crippen LogP contribution in [-0.4, -0.2) is 4.98 Å². The summed E-state index contributed by atoms with van der Waals surface area (Å²) in [5.74, 6) is 0.533. The van der Waals surface area contributed by atoms with E-state index in [-0.39, 0.29) is 0 Å². The third kappa shape index (κ3) is 1.36. The number of hydrogen-bond donors (Lipinski definition) is 0. The van der Waals surface area contributed by atoms with Crippen molar-refractivity contribution in [3.05, 3.63) is 54.2 Å². The van der Waals surface area contributed by atoms with Gasteiger partial charge in [-0.2, -0.15) is 0 Å². The first-order chi connectivity index (χ1) is 7.90. The van der Waals surface area contributed by atoms with Gasteiger partial charge in [0, 0.05) is 22.8 Å². The lowest BCUT2D eigenvalue weighted by molar-refractivity contribution is 1.41. The van der Waals surface area contributed by atoms with E-state index in [2.05, 4.69) is 29.2 Å². The SMILES string of the molecule is ClCc1cc2cccnc2c2ccccc12. The van der Waals surface area contributed by atoms with Gasteiger partial charge in [0.1, 0.15) is 0 Å². The Balaban J connectivity index is 2.57. The molecule has 0 saturated carbocycles. The first-order valence-corrected chi connectivity index (χ1v) is 5.75. The van der Waals surface area contributed by atoms with Gasteiger partial charge in [-0.25, -0.2) is 0 Å². The highest BCUT2D eigenvalue weighted by molar-refractivity contribution is 6.19. The Hall–Kier alpha value is -1.60. The highest BCUT2D eigenvalue weighted by atomic mass is 35.5. The van der Waals surface area contributed by atoms with Crippen LogP contribution in [0.4, 0.5) is 0 Å². The van der Waals surface area contributed by atoms with Gasteiger partial charge in [-0.3, -0.25) is 4.98 Å². The van der Waals surface area contributed by atoms with Gasteiger partial charge in [0.2, 0.25) is 0 Å². The van der Waals surface area contributed by atoms with Crippen LogP contribution < -0.4 is 0 Å². The molecule has 16 heavy (non-hydrogen) atoms. The lowest BCUT2D eigenvalue weighted by atomic mass is 10.0. The molecule has 0 aliphatic heterocycles. The maximum absolute atomic E-state index is 5.99. The predicted octanol–water partition coefficient (Wildman–Crippen LogP) is 4.13. The average Bonchev–Trinajstić information content (AvgIpc) is 2.38. The topological polar surface area (TPSA) is 12.9 Å². The number of aromatic nitrogens is 1. The second-order valence-corrected chi connectivity index (χ2v) is 4.06. The van der Waals surface area contributed by atoms with E-state index < -0.39 is 0 Å². The number of pyridine rings is 1. The molecule has 0 saturated heterocycles. The summed E-state index contributed by atoms with van der Waals surface area (Å²) < 4.78 is 0. The number of benzene rings is 2.